The first kappa shape index (κ1) is 35.0. The van der Waals surface area contributed by atoms with Gasteiger partial charge in [-0.15, -0.1) is 0 Å². The zero-order valence-corrected chi connectivity index (χ0v) is 27.1. The Morgan fingerprint density at radius 2 is 1.69 bits per heavy atom. The number of likely N-dealkylation sites (tertiary alicyclic amines) is 2. The molecule has 1 aromatic carbocycles. The molecule has 1 unspecified atom stereocenters. The lowest BCUT2D eigenvalue weighted by Crippen LogP contribution is -2.46. The van der Waals surface area contributed by atoms with Gasteiger partial charge >= 0.3 is 0 Å². The molecular weight excluding hydrogens is 555 g/mol. The van der Waals surface area contributed by atoms with E-state index in [-0.39, 0.29) is 22.3 Å². The van der Waals surface area contributed by atoms with Crippen molar-refractivity contribution in [2.75, 3.05) is 33.7 Å². The Balaban J connectivity index is 0.00000148. The predicted octanol–water partition coefficient (Wildman–Crippen LogP) is 4.46. The number of ketones is 1. The van der Waals surface area contributed by atoms with Crippen molar-refractivity contribution in [3.63, 3.8) is 0 Å². The van der Waals surface area contributed by atoms with E-state index in [0.717, 1.165) is 37.9 Å². The largest absolute Gasteiger partial charge is 0.350 e. The number of amides is 2. The fourth-order valence-corrected chi connectivity index (χ4v) is 5.78. The fourth-order valence-electron chi connectivity index (χ4n) is 5.58. The van der Waals surface area contributed by atoms with Gasteiger partial charge in [0.15, 0.2) is 0 Å². The van der Waals surface area contributed by atoms with Crippen molar-refractivity contribution in [3.05, 3.63) is 69.1 Å². The molecule has 9 heteroatoms. The van der Waals surface area contributed by atoms with E-state index in [1.165, 1.54) is 37.2 Å². The van der Waals surface area contributed by atoms with Crippen LogP contribution in [0, 0.1) is 5.82 Å². The van der Waals surface area contributed by atoms with Crippen LogP contribution in [-0.4, -0.2) is 76.1 Å². The average Bonchev–Trinajstić information content (AvgIpc) is 3.69. The summed E-state index contributed by atoms with van der Waals surface area (Å²) in [5.74, 6) is -1.61. The molecule has 42 heavy (non-hydrogen) atoms. The van der Waals surface area contributed by atoms with E-state index >= 15 is 0 Å². The highest BCUT2D eigenvalue weighted by atomic mass is 35.5. The molecule has 3 heterocycles. The molecule has 0 N–H and O–H groups in total. The van der Waals surface area contributed by atoms with Crippen LogP contribution in [0.5, 0.6) is 0 Å². The lowest BCUT2D eigenvalue weighted by molar-refractivity contribution is -0.125. The van der Waals surface area contributed by atoms with Crippen molar-refractivity contribution in [3.8, 4) is 0 Å². The van der Waals surface area contributed by atoms with Crippen LogP contribution in [0.15, 0.2) is 41.6 Å². The normalized spacial score (nSPS) is 19.4. The Hall–Kier alpha value is -3.23. The monoisotopic (exact) mass is 600 g/mol. The number of carbonyl (C=O) groups excluding carboxylic acids is 3. The smallest absolute Gasteiger partial charge is 0.294 e. The molecular formula is C33H46ClFN4O3. The van der Waals surface area contributed by atoms with Gasteiger partial charge in [0.1, 0.15) is 5.82 Å². The molecule has 2 aliphatic rings. The van der Waals surface area contributed by atoms with Gasteiger partial charge in [0.25, 0.3) is 11.7 Å². The minimum atomic E-state index is -0.606. The van der Waals surface area contributed by atoms with Crippen molar-refractivity contribution in [1.82, 2.24) is 19.3 Å². The van der Waals surface area contributed by atoms with Crippen molar-refractivity contribution in [1.29, 1.82) is 0 Å². The molecule has 7 nitrogen and oxygen atoms in total. The number of aryl methyl sites for hydroxylation is 1. The molecule has 1 atom stereocenters. The molecule has 0 saturated carbocycles. The molecule has 0 radical (unpaired) electrons. The standard InChI is InChI=1S/C29H34ClFN4O3.2C2H6/c1-5-23-24(27(37)28(38)32(2)3)18-33(4)25(23)15-21(30)16-26(36)34-14-12-29(19-34)11-6-13-35(29)17-20-7-9-22(31)10-8-20;2*1-2/h5,7-10,15-16,18H,6,11-14,17,19H2,1-4H3;2*1-2H3/b21-16-,23-5-,25-15+;;. The van der Waals surface area contributed by atoms with Crippen LogP contribution >= 0.6 is 11.6 Å². The number of carbonyl (C=O) groups is 3. The van der Waals surface area contributed by atoms with Gasteiger partial charge in [0, 0.05) is 74.2 Å². The maximum atomic E-state index is 13.3. The quantitative estimate of drug-likeness (QED) is 0.279. The maximum Gasteiger partial charge on any atom is 0.294 e. The van der Waals surface area contributed by atoms with E-state index in [1.54, 1.807) is 36.9 Å². The van der Waals surface area contributed by atoms with Gasteiger partial charge in [-0.2, -0.15) is 0 Å². The van der Waals surface area contributed by atoms with Crippen LogP contribution in [-0.2, 0) is 23.2 Å². The Morgan fingerprint density at radius 3 is 2.29 bits per heavy atom. The Kier molecular flexibility index (Phi) is 13.2. The molecule has 0 aliphatic carbocycles. The molecule has 2 amide bonds. The molecule has 2 aliphatic heterocycles. The van der Waals surface area contributed by atoms with Gasteiger partial charge in [0.2, 0.25) is 5.91 Å². The lowest BCUT2D eigenvalue weighted by Gasteiger charge is -2.35. The summed E-state index contributed by atoms with van der Waals surface area (Å²) in [7, 11) is 4.83. The summed E-state index contributed by atoms with van der Waals surface area (Å²) >= 11 is 6.52. The van der Waals surface area contributed by atoms with E-state index in [4.69, 9.17) is 11.6 Å². The number of Topliss-reactive ketones (excluding diaryl/α,β-unsaturated/α-hetero) is 1. The van der Waals surface area contributed by atoms with Crippen molar-refractivity contribution in [2.45, 2.75) is 66.0 Å². The average molecular weight is 601 g/mol. The molecule has 1 spiro atoms. The Labute approximate surface area is 254 Å². The molecule has 2 fully saturated rings. The highest BCUT2D eigenvalue weighted by Crippen LogP contribution is 2.38. The Morgan fingerprint density at radius 1 is 1.05 bits per heavy atom. The third kappa shape index (κ3) is 7.98. The van der Waals surface area contributed by atoms with Gasteiger partial charge in [-0.05, 0) is 56.5 Å². The summed E-state index contributed by atoms with van der Waals surface area (Å²) in [6.45, 7) is 12.7. The molecule has 230 valence electrons. The van der Waals surface area contributed by atoms with Gasteiger partial charge in [-0.25, -0.2) is 4.39 Å². The second-order valence-corrected chi connectivity index (χ2v) is 10.8. The van der Waals surface area contributed by atoms with Crippen LogP contribution in [0.25, 0.3) is 12.2 Å². The minimum Gasteiger partial charge on any atom is -0.350 e. The van der Waals surface area contributed by atoms with Crippen LogP contribution in [0.2, 0.25) is 0 Å². The van der Waals surface area contributed by atoms with E-state index in [0.29, 0.717) is 29.2 Å². The summed E-state index contributed by atoms with van der Waals surface area (Å²) in [4.78, 5) is 43.6. The first-order valence-electron chi connectivity index (χ1n) is 14.8. The second kappa shape index (κ2) is 15.8. The summed E-state index contributed by atoms with van der Waals surface area (Å²) < 4.78 is 15.1. The zero-order valence-electron chi connectivity index (χ0n) is 26.3. The number of hydrogen-bond acceptors (Lipinski definition) is 4. The number of nitrogens with zero attached hydrogens (tertiary/aromatic N) is 4. The lowest BCUT2D eigenvalue weighted by atomic mass is 9.94. The van der Waals surface area contributed by atoms with Gasteiger partial charge < -0.3 is 14.4 Å². The summed E-state index contributed by atoms with van der Waals surface area (Å²) in [5.41, 5.74) is 1.27. The van der Waals surface area contributed by atoms with E-state index in [2.05, 4.69) is 4.90 Å². The second-order valence-electron chi connectivity index (χ2n) is 10.3. The van der Waals surface area contributed by atoms with Crippen LogP contribution in [0.1, 0.15) is 69.8 Å². The number of hydrogen-bond donors (Lipinski definition) is 0. The zero-order chi connectivity index (χ0) is 31.6. The number of rotatable bonds is 6. The van der Waals surface area contributed by atoms with E-state index in [9.17, 15) is 18.8 Å². The topological polar surface area (TPSA) is 65.9 Å². The number of halogens is 2. The number of allylic oxidation sites excluding steroid dienone is 1. The van der Waals surface area contributed by atoms with Gasteiger partial charge in [-0.3, -0.25) is 19.3 Å². The highest BCUT2D eigenvalue weighted by molar-refractivity contribution is 6.42. The van der Waals surface area contributed by atoms with Crippen LogP contribution in [0.4, 0.5) is 4.39 Å². The number of benzene rings is 1. The third-order valence-electron chi connectivity index (χ3n) is 7.61. The van der Waals surface area contributed by atoms with E-state index in [1.807, 2.05) is 44.7 Å². The molecule has 0 bridgehead atoms. The van der Waals surface area contributed by atoms with Crippen molar-refractivity contribution in [2.24, 2.45) is 7.05 Å². The first-order valence-corrected chi connectivity index (χ1v) is 15.2. The van der Waals surface area contributed by atoms with Crippen molar-refractivity contribution >= 4 is 41.4 Å². The van der Waals surface area contributed by atoms with Crippen LogP contribution in [0.3, 0.4) is 0 Å². The van der Waals surface area contributed by atoms with Crippen molar-refractivity contribution < 1.29 is 18.8 Å². The Bertz CT molecular complexity index is 1400. The number of aromatic nitrogens is 1. The molecule has 2 aromatic rings. The first-order chi connectivity index (χ1) is 20.0. The number of likely N-dealkylation sites (N-methyl/N-ethyl adjacent to an activating group) is 1. The molecule has 2 saturated heterocycles. The maximum absolute atomic E-state index is 13.3. The molecule has 4 rings (SSSR count). The fraction of sp³-hybridized carbons (Fsp3) is 0.485. The van der Waals surface area contributed by atoms with Gasteiger partial charge in [-0.1, -0.05) is 57.5 Å². The predicted molar refractivity (Wildman–Crippen MR) is 169 cm³/mol. The summed E-state index contributed by atoms with van der Waals surface area (Å²) in [6.07, 6.45) is 9.39. The summed E-state index contributed by atoms with van der Waals surface area (Å²) in [6, 6.07) is 6.61. The third-order valence-corrected chi connectivity index (χ3v) is 7.83. The van der Waals surface area contributed by atoms with E-state index < -0.39 is 11.7 Å². The SMILES string of the molecule is C/C=c1/c(C(=O)C(=O)N(C)C)cn(C)/c1=C/C(Cl)=C/C(=O)N1CCC2(CCCN2Cc2ccc(F)cc2)C1.CC.CC. The van der Waals surface area contributed by atoms with Gasteiger partial charge in [0.05, 0.1) is 5.56 Å². The van der Waals surface area contributed by atoms with Crippen LogP contribution < -0.4 is 10.6 Å². The highest BCUT2D eigenvalue weighted by Gasteiger charge is 2.46. The molecule has 1 aromatic heterocycles. The minimum absolute atomic E-state index is 0.0786. The summed E-state index contributed by atoms with van der Waals surface area (Å²) in [5, 5.41) is 1.47.